The van der Waals surface area contributed by atoms with Crippen molar-refractivity contribution in [2.45, 2.75) is 39.5 Å². The maximum absolute atomic E-state index is 5.55. The summed E-state index contributed by atoms with van der Waals surface area (Å²) in [4.78, 5) is 7.33. The fraction of sp³-hybridized carbons (Fsp3) is 0.478. The number of anilines is 1. The lowest BCUT2D eigenvalue weighted by Gasteiger charge is -2.38. The summed E-state index contributed by atoms with van der Waals surface area (Å²) < 4.78 is 5.55. The highest BCUT2D eigenvalue weighted by atomic mass is 16.5. The Bertz CT molecular complexity index is 759. The fourth-order valence-electron chi connectivity index (χ4n) is 4.21. The molecule has 0 radical (unpaired) electrons. The zero-order valence-electron chi connectivity index (χ0n) is 17.0. The number of benzene rings is 1. The molecular formula is C23H31N3O. The molecule has 4 rings (SSSR count). The third kappa shape index (κ3) is 3.39. The lowest BCUT2D eigenvalue weighted by Crippen LogP contribution is -2.42. The largest absolute Gasteiger partial charge is 0.378 e. The molecule has 4 nitrogen and oxygen atoms in total. The van der Waals surface area contributed by atoms with E-state index < -0.39 is 0 Å². The van der Waals surface area contributed by atoms with Crippen molar-refractivity contribution in [3.63, 3.8) is 0 Å². The molecular weight excluding hydrogens is 334 g/mol. The third-order valence-electron chi connectivity index (χ3n) is 5.65. The first kappa shape index (κ1) is 18.2. The molecule has 3 aliphatic rings. The van der Waals surface area contributed by atoms with Gasteiger partial charge in [-0.2, -0.15) is 0 Å². The molecule has 4 heteroatoms. The van der Waals surface area contributed by atoms with Gasteiger partial charge in [0.2, 0.25) is 0 Å². The average Bonchev–Trinajstić information content (AvgIpc) is 3.12. The molecule has 0 N–H and O–H groups in total. The highest BCUT2D eigenvalue weighted by Gasteiger charge is 2.31. The summed E-state index contributed by atoms with van der Waals surface area (Å²) >= 11 is 0. The van der Waals surface area contributed by atoms with Gasteiger partial charge in [-0.05, 0) is 35.1 Å². The van der Waals surface area contributed by atoms with Crippen molar-refractivity contribution in [1.29, 1.82) is 0 Å². The van der Waals surface area contributed by atoms with Gasteiger partial charge in [-0.3, -0.25) is 0 Å². The zero-order chi connectivity index (χ0) is 19.0. The van der Waals surface area contributed by atoms with Crippen molar-refractivity contribution >= 4 is 5.69 Å². The Kier molecular flexibility index (Phi) is 5.00. The van der Waals surface area contributed by atoms with Crippen LogP contribution in [0.2, 0.25) is 0 Å². The minimum absolute atomic E-state index is 0.500. The number of ether oxygens (including phenoxy) is 1. The van der Waals surface area contributed by atoms with Crippen molar-refractivity contribution in [1.82, 2.24) is 9.80 Å². The minimum atomic E-state index is 0.500. The molecule has 0 aliphatic carbocycles. The molecule has 3 heterocycles. The second kappa shape index (κ2) is 7.43. The number of morpholine rings is 1. The van der Waals surface area contributed by atoms with Crippen molar-refractivity contribution in [3.8, 4) is 0 Å². The normalized spacial score (nSPS) is 19.7. The van der Waals surface area contributed by atoms with Crippen LogP contribution in [0.5, 0.6) is 0 Å². The van der Waals surface area contributed by atoms with E-state index in [0.29, 0.717) is 11.8 Å². The lowest BCUT2D eigenvalue weighted by atomic mass is 9.92. The maximum atomic E-state index is 5.55. The Morgan fingerprint density at radius 2 is 1.63 bits per heavy atom. The van der Waals surface area contributed by atoms with Crippen LogP contribution in [-0.2, 0) is 4.74 Å². The molecule has 1 fully saturated rings. The Balaban J connectivity index is 1.68. The van der Waals surface area contributed by atoms with Gasteiger partial charge in [0.1, 0.15) is 12.5 Å². The van der Waals surface area contributed by atoms with Gasteiger partial charge in [0.15, 0.2) is 0 Å². The zero-order valence-corrected chi connectivity index (χ0v) is 17.0. The van der Waals surface area contributed by atoms with Crippen LogP contribution in [-0.4, -0.2) is 42.8 Å². The molecule has 0 saturated carbocycles. The molecule has 27 heavy (non-hydrogen) atoms. The van der Waals surface area contributed by atoms with E-state index in [-0.39, 0.29) is 0 Å². The summed E-state index contributed by atoms with van der Waals surface area (Å²) in [6.07, 6.45) is 8.95. The molecule has 0 spiro atoms. The first-order chi connectivity index (χ1) is 13.1. The number of allylic oxidation sites excluding steroid dienone is 3. The second-order valence-electron chi connectivity index (χ2n) is 8.17. The fourth-order valence-corrected chi connectivity index (χ4v) is 4.21. The van der Waals surface area contributed by atoms with Crippen LogP contribution in [0.1, 0.15) is 50.7 Å². The Morgan fingerprint density at radius 1 is 0.963 bits per heavy atom. The van der Waals surface area contributed by atoms with Gasteiger partial charge in [-0.25, -0.2) is 0 Å². The number of hydrogen-bond donors (Lipinski definition) is 0. The van der Waals surface area contributed by atoms with E-state index in [2.05, 4.69) is 85.0 Å². The Hall–Kier alpha value is -2.20. The minimum Gasteiger partial charge on any atom is -0.378 e. The van der Waals surface area contributed by atoms with Crippen molar-refractivity contribution < 1.29 is 4.74 Å². The predicted octanol–water partition coefficient (Wildman–Crippen LogP) is 4.60. The van der Waals surface area contributed by atoms with E-state index in [4.69, 9.17) is 4.74 Å². The van der Waals surface area contributed by atoms with E-state index in [9.17, 15) is 0 Å². The van der Waals surface area contributed by atoms with Crippen molar-refractivity contribution in [2.75, 3.05) is 37.9 Å². The van der Waals surface area contributed by atoms with E-state index in [1.54, 1.807) is 0 Å². The smallest absolute Gasteiger partial charge is 0.110 e. The van der Waals surface area contributed by atoms with E-state index in [1.807, 2.05) is 0 Å². The molecule has 3 aliphatic heterocycles. The van der Waals surface area contributed by atoms with Crippen LogP contribution >= 0.6 is 0 Å². The first-order valence-electron chi connectivity index (χ1n) is 10.2. The SMILES string of the molecule is CC(C)c1cccc(C(C)C)c1N1C=C2C=CC=C(N3CCOCC3)N2C1. The number of rotatable bonds is 4. The van der Waals surface area contributed by atoms with E-state index >= 15 is 0 Å². The number of para-hydroxylation sites is 1. The van der Waals surface area contributed by atoms with Gasteiger partial charge in [0.05, 0.1) is 18.9 Å². The van der Waals surface area contributed by atoms with Crippen molar-refractivity contribution in [2.24, 2.45) is 0 Å². The first-order valence-corrected chi connectivity index (χ1v) is 10.2. The topological polar surface area (TPSA) is 19.0 Å². The number of hydrogen-bond acceptors (Lipinski definition) is 4. The molecule has 0 unspecified atom stereocenters. The predicted molar refractivity (Wildman–Crippen MR) is 112 cm³/mol. The number of fused-ring (bicyclic) bond motifs is 1. The summed E-state index contributed by atoms with van der Waals surface area (Å²) in [7, 11) is 0. The molecule has 144 valence electrons. The highest BCUT2D eigenvalue weighted by molar-refractivity contribution is 5.65. The second-order valence-corrected chi connectivity index (χ2v) is 8.17. The van der Waals surface area contributed by atoms with Gasteiger partial charge < -0.3 is 19.4 Å². The molecule has 0 atom stereocenters. The summed E-state index contributed by atoms with van der Waals surface area (Å²) in [5, 5.41) is 0. The summed E-state index contributed by atoms with van der Waals surface area (Å²) in [5.74, 6) is 2.29. The van der Waals surface area contributed by atoms with Crippen LogP contribution < -0.4 is 4.90 Å². The molecule has 1 aromatic rings. The van der Waals surface area contributed by atoms with Crippen LogP contribution in [0.3, 0.4) is 0 Å². The number of nitrogens with zero attached hydrogens (tertiary/aromatic N) is 3. The van der Waals surface area contributed by atoms with Gasteiger partial charge in [-0.1, -0.05) is 52.0 Å². The highest BCUT2D eigenvalue weighted by Crippen LogP contribution is 2.39. The van der Waals surface area contributed by atoms with Gasteiger partial charge in [-0.15, -0.1) is 0 Å². The third-order valence-corrected chi connectivity index (χ3v) is 5.65. The van der Waals surface area contributed by atoms with E-state index in [0.717, 1.165) is 33.0 Å². The maximum Gasteiger partial charge on any atom is 0.110 e. The molecule has 0 bridgehead atoms. The summed E-state index contributed by atoms with van der Waals surface area (Å²) in [6, 6.07) is 6.79. The summed E-state index contributed by atoms with van der Waals surface area (Å²) in [6.45, 7) is 13.6. The van der Waals surface area contributed by atoms with Crippen molar-refractivity contribution in [3.05, 3.63) is 65.3 Å². The molecule has 0 aromatic heterocycles. The summed E-state index contributed by atoms with van der Waals surface area (Å²) in [5.41, 5.74) is 5.52. The Morgan fingerprint density at radius 3 is 2.26 bits per heavy atom. The van der Waals surface area contributed by atoms with Crippen LogP contribution in [0.25, 0.3) is 0 Å². The molecule has 0 amide bonds. The van der Waals surface area contributed by atoms with Crippen LogP contribution in [0, 0.1) is 0 Å². The molecule has 1 saturated heterocycles. The lowest BCUT2D eigenvalue weighted by molar-refractivity contribution is 0.0418. The van der Waals surface area contributed by atoms with Gasteiger partial charge in [0.25, 0.3) is 0 Å². The van der Waals surface area contributed by atoms with Gasteiger partial charge in [0, 0.05) is 25.0 Å². The average molecular weight is 366 g/mol. The standard InChI is InChI=1S/C23H31N3O/c1-17(2)20-8-6-9-21(18(3)4)23(20)25-15-19-7-5-10-22(26(19)16-25)24-11-13-27-14-12-24/h5-10,15,17-18H,11-14,16H2,1-4H3. The van der Waals surface area contributed by atoms with Gasteiger partial charge >= 0.3 is 0 Å². The van der Waals surface area contributed by atoms with Crippen LogP contribution in [0.15, 0.2) is 54.1 Å². The molecule has 1 aromatic carbocycles. The van der Waals surface area contributed by atoms with Crippen LogP contribution in [0.4, 0.5) is 5.69 Å². The quantitative estimate of drug-likeness (QED) is 0.776. The van der Waals surface area contributed by atoms with E-state index in [1.165, 1.54) is 28.3 Å². The monoisotopic (exact) mass is 365 g/mol. The Labute approximate surface area is 163 Å².